The van der Waals surface area contributed by atoms with Crippen LogP contribution in [-0.2, 0) is 4.79 Å². The molecular formula is C20H19NO6. The minimum absolute atomic E-state index is 0.238. The summed E-state index contributed by atoms with van der Waals surface area (Å²) in [5, 5.41) is 0.677. The normalized spacial score (nSPS) is 10.6. The Hall–Kier alpha value is -3.48. The quantitative estimate of drug-likeness (QED) is 0.671. The maximum Gasteiger partial charge on any atom is 0.344 e. The highest BCUT2D eigenvalue weighted by Crippen LogP contribution is 2.36. The van der Waals surface area contributed by atoms with Crippen molar-refractivity contribution in [1.29, 1.82) is 0 Å². The molecule has 3 rings (SSSR count). The standard InChI is InChI=1S/C20H19NO6/c1-11-14-9-13(26-10-18(21)22)5-7-17(14)27-20(23)19(11)15-8-12(24-2)4-6-16(15)25-3/h4-9H,10H2,1-3H3,(H2,21,22). The molecule has 7 heteroatoms. The number of aryl methyl sites for hydroxylation is 1. The first kappa shape index (κ1) is 18.3. The van der Waals surface area contributed by atoms with E-state index in [1.54, 1.807) is 43.5 Å². The highest BCUT2D eigenvalue weighted by atomic mass is 16.5. The molecule has 0 saturated heterocycles. The van der Waals surface area contributed by atoms with Crippen molar-refractivity contribution in [2.75, 3.05) is 20.8 Å². The maximum absolute atomic E-state index is 12.7. The Morgan fingerprint density at radius 1 is 1.07 bits per heavy atom. The summed E-state index contributed by atoms with van der Waals surface area (Å²) in [4.78, 5) is 23.6. The average Bonchev–Trinajstić information content (AvgIpc) is 2.66. The number of amides is 1. The number of fused-ring (bicyclic) bond motifs is 1. The zero-order chi connectivity index (χ0) is 19.6. The molecule has 7 nitrogen and oxygen atoms in total. The molecule has 0 aliphatic heterocycles. The summed E-state index contributed by atoms with van der Waals surface area (Å²) in [6.45, 7) is 1.57. The lowest BCUT2D eigenvalue weighted by molar-refractivity contribution is -0.119. The fourth-order valence-corrected chi connectivity index (χ4v) is 2.90. The highest BCUT2D eigenvalue weighted by Gasteiger charge is 2.18. The van der Waals surface area contributed by atoms with Crippen molar-refractivity contribution in [3.63, 3.8) is 0 Å². The van der Waals surface area contributed by atoms with Gasteiger partial charge in [0.25, 0.3) is 5.91 Å². The molecule has 0 aliphatic carbocycles. The third kappa shape index (κ3) is 3.57. The lowest BCUT2D eigenvalue weighted by atomic mass is 9.98. The smallest absolute Gasteiger partial charge is 0.344 e. The Kier molecular flexibility index (Phi) is 5.03. The largest absolute Gasteiger partial charge is 0.497 e. The Bertz CT molecular complexity index is 1070. The molecule has 1 aromatic heterocycles. The molecular weight excluding hydrogens is 350 g/mol. The second kappa shape index (κ2) is 7.41. The van der Waals surface area contributed by atoms with E-state index in [0.717, 1.165) is 0 Å². The molecule has 0 atom stereocenters. The second-order valence-corrected chi connectivity index (χ2v) is 5.87. The zero-order valence-electron chi connectivity index (χ0n) is 15.2. The minimum Gasteiger partial charge on any atom is -0.497 e. The molecule has 2 aromatic carbocycles. The van der Waals surface area contributed by atoms with Crippen LogP contribution in [0.2, 0.25) is 0 Å². The van der Waals surface area contributed by atoms with E-state index in [9.17, 15) is 9.59 Å². The number of hydrogen-bond acceptors (Lipinski definition) is 6. The molecule has 0 aliphatic rings. The predicted molar refractivity (Wildman–Crippen MR) is 100 cm³/mol. The number of methoxy groups -OCH3 is 2. The van der Waals surface area contributed by atoms with E-state index in [4.69, 9.17) is 24.4 Å². The summed E-state index contributed by atoms with van der Waals surface area (Å²) in [5.41, 5.74) is 6.66. The molecule has 140 valence electrons. The van der Waals surface area contributed by atoms with Crippen molar-refractivity contribution in [3.8, 4) is 28.4 Å². The molecule has 27 heavy (non-hydrogen) atoms. The van der Waals surface area contributed by atoms with Gasteiger partial charge >= 0.3 is 5.63 Å². The van der Waals surface area contributed by atoms with Crippen LogP contribution < -0.4 is 25.6 Å². The summed E-state index contributed by atoms with van der Waals surface area (Å²) in [5.74, 6) is 0.977. The summed E-state index contributed by atoms with van der Waals surface area (Å²) in [6.07, 6.45) is 0. The van der Waals surface area contributed by atoms with E-state index in [-0.39, 0.29) is 6.61 Å². The number of carbonyl (C=O) groups is 1. The van der Waals surface area contributed by atoms with Crippen LogP contribution in [0.4, 0.5) is 0 Å². The molecule has 2 N–H and O–H groups in total. The number of nitrogens with two attached hydrogens (primary N) is 1. The van der Waals surface area contributed by atoms with Gasteiger partial charge in [0.05, 0.1) is 19.8 Å². The molecule has 1 heterocycles. The topological polar surface area (TPSA) is 101 Å². The first-order chi connectivity index (χ1) is 12.9. The van der Waals surface area contributed by atoms with Crippen LogP contribution in [0.3, 0.4) is 0 Å². The molecule has 0 fully saturated rings. The van der Waals surface area contributed by atoms with Gasteiger partial charge in [-0.15, -0.1) is 0 Å². The number of hydrogen-bond donors (Lipinski definition) is 1. The van der Waals surface area contributed by atoms with E-state index >= 15 is 0 Å². The third-order valence-electron chi connectivity index (χ3n) is 4.19. The second-order valence-electron chi connectivity index (χ2n) is 5.87. The van der Waals surface area contributed by atoms with Crippen molar-refractivity contribution in [2.45, 2.75) is 6.92 Å². The molecule has 3 aromatic rings. The summed E-state index contributed by atoms with van der Waals surface area (Å²) >= 11 is 0. The van der Waals surface area contributed by atoms with Crippen LogP contribution >= 0.6 is 0 Å². The lowest BCUT2D eigenvalue weighted by Gasteiger charge is -2.13. The molecule has 0 radical (unpaired) electrons. The van der Waals surface area contributed by atoms with E-state index in [2.05, 4.69) is 0 Å². The minimum atomic E-state index is -0.576. The Morgan fingerprint density at radius 2 is 1.81 bits per heavy atom. The first-order valence-corrected chi connectivity index (χ1v) is 8.15. The van der Waals surface area contributed by atoms with Gasteiger partial charge in [0.15, 0.2) is 6.61 Å². The predicted octanol–water partition coefficient (Wildman–Crippen LogP) is 2.65. The van der Waals surface area contributed by atoms with Crippen LogP contribution in [-0.4, -0.2) is 26.7 Å². The fourth-order valence-electron chi connectivity index (χ4n) is 2.90. The van der Waals surface area contributed by atoms with Crippen molar-refractivity contribution >= 4 is 16.9 Å². The fraction of sp³-hybridized carbons (Fsp3) is 0.200. The van der Waals surface area contributed by atoms with Gasteiger partial charge in [-0.05, 0) is 48.9 Å². The van der Waals surface area contributed by atoms with Crippen LogP contribution in [0.15, 0.2) is 45.6 Å². The van der Waals surface area contributed by atoms with E-state index in [1.807, 2.05) is 6.92 Å². The van der Waals surface area contributed by atoms with Crippen LogP contribution in [0.25, 0.3) is 22.1 Å². The molecule has 0 saturated carbocycles. The van der Waals surface area contributed by atoms with Crippen molar-refractivity contribution in [2.24, 2.45) is 5.73 Å². The Balaban J connectivity index is 2.22. The van der Waals surface area contributed by atoms with Crippen molar-refractivity contribution in [3.05, 3.63) is 52.4 Å². The number of benzene rings is 2. The van der Waals surface area contributed by atoms with Gasteiger partial charge in [0, 0.05) is 10.9 Å². The molecule has 0 bridgehead atoms. The van der Waals surface area contributed by atoms with E-state index in [0.29, 0.717) is 44.9 Å². The summed E-state index contributed by atoms with van der Waals surface area (Å²) < 4.78 is 21.5. The summed E-state index contributed by atoms with van der Waals surface area (Å²) in [6, 6.07) is 10.1. The van der Waals surface area contributed by atoms with Gasteiger partial charge in [0.1, 0.15) is 22.8 Å². The molecule has 1 amide bonds. The average molecular weight is 369 g/mol. The Morgan fingerprint density at radius 3 is 2.48 bits per heavy atom. The van der Waals surface area contributed by atoms with Gasteiger partial charge in [-0.25, -0.2) is 4.79 Å². The monoisotopic (exact) mass is 369 g/mol. The highest BCUT2D eigenvalue weighted by molar-refractivity contribution is 5.89. The first-order valence-electron chi connectivity index (χ1n) is 8.15. The van der Waals surface area contributed by atoms with E-state index in [1.165, 1.54) is 7.11 Å². The van der Waals surface area contributed by atoms with Gasteiger partial charge < -0.3 is 24.4 Å². The van der Waals surface area contributed by atoms with Crippen molar-refractivity contribution < 1.29 is 23.4 Å². The van der Waals surface area contributed by atoms with Gasteiger partial charge in [-0.1, -0.05) is 0 Å². The lowest BCUT2D eigenvalue weighted by Crippen LogP contribution is -2.20. The van der Waals surface area contributed by atoms with Crippen molar-refractivity contribution in [1.82, 2.24) is 0 Å². The molecule has 0 spiro atoms. The van der Waals surface area contributed by atoms with Crippen LogP contribution in [0.5, 0.6) is 17.2 Å². The molecule has 0 unspecified atom stereocenters. The summed E-state index contributed by atoms with van der Waals surface area (Å²) in [7, 11) is 3.07. The maximum atomic E-state index is 12.7. The zero-order valence-corrected chi connectivity index (χ0v) is 15.2. The number of primary amides is 1. The number of carbonyl (C=O) groups excluding carboxylic acids is 1. The van der Waals surface area contributed by atoms with Gasteiger partial charge in [-0.3, -0.25) is 4.79 Å². The van der Waals surface area contributed by atoms with Gasteiger partial charge in [-0.2, -0.15) is 0 Å². The third-order valence-corrected chi connectivity index (χ3v) is 4.19. The number of ether oxygens (including phenoxy) is 3. The van der Waals surface area contributed by atoms with E-state index < -0.39 is 11.5 Å². The van der Waals surface area contributed by atoms with Crippen LogP contribution in [0, 0.1) is 6.92 Å². The Labute approximate surface area is 155 Å². The van der Waals surface area contributed by atoms with Crippen LogP contribution in [0.1, 0.15) is 5.56 Å². The number of rotatable bonds is 6. The SMILES string of the molecule is COc1ccc(OC)c(-c2c(C)c3cc(OCC(N)=O)ccc3oc2=O)c1. The van der Waals surface area contributed by atoms with Gasteiger partial charge in [0.2, 0.25) is 0 Å².